The average molecular weight is 872 g/mol. The molecule has 0 radical (unpaired) electrons. The number of carbonyl (C=O) groups excluding carboxylic acids is 2. The molecule has 0 atom stereocenters. The van der Waals surface area contributed by atoms with E-state index < -0.39 is 65.1 Å². The van der Waals surface area contributed by atoms with Gasteiger partial charge in [0.05, 0.1) is 28.9 Å². The van der Waals surface area contributed by atoms with Crippen molar-refractivity contribution in [1.29, 1.82) is 0 Å². The van der Waals surface area contributed by atoms with Crippen LogP contribution in [0.5, 0.6) is 0 Å². The number of hydrogen-bond donors (Lipinski definition) is 3. The van der Waals surface area contributed by atoms with Gasteiger partial charge >= 0.3 is 24.7 Å². The Kier molecular flexibility index (Phi) is 20.1. The quantitative estimate of drug-likeness (QED) is 0.0461. The maximum atomic E-state index is 13.3. The smallest absolute Gasteiger partial charge is 0.397 e. The van der Waals surface area contributed by atoms with Crippen molar-refractivity contribution in [3.05, 3.63) is 106 Å². The second-order valence-corrected chi connectivity index (χ2v) is 10.5. The third-order valence-electron chi connectivity index (χ3n) is 5.75. The fourth-order valence-electron chi connectivity index (χ4n) is 3.76. The van der Waals surface area contributed by atoms with E-state index in [1.807, 2.05) is 0 Å². The van der Waals surface area contributed by atoms with Crippen molar-refractivity contribution in [2.45, 2.75) is 38.0 Å². The maximum absolute atomic E-state index is 13.3. The molecule has 0 aliphatic rings. The first-order valence-corrected chi connectivity index (χ1v) is 14.7. The average Bonchev–Trinajstić information content (AvgIpc) is 3.48. The zero-order valence-corrected chi connectivity index (χ0v) is 28.8. The summed E-state index contributed by atoms with van der Waals surface area (Å²) in [6.07, 6.45) is -21.3. The molecule has 1 aromatic heterocycles. The number of aliphatic hydroxyl groups excluding tert-OH is 1. The monoisotopic (exact) mass is 870 g/mol. The van der Waals surface area contributed by atoms with Gasteiger partial charge in [-0.05, 0) is 61.2 Å². The molecule has 288 valence electrons. The Morgan fingerprint density at radius 3 is 1.69 bits per heavy atom. The zero-order valence-electron chi connectivity index (χ0n) is 25.8. The number of benzene rings is 3. The van der Waals surface area contributed by atoms with E-state index in [1.165, 1.54) is 24.3 Å². The normalized spacial score (nSPS) is 11.4. The maximum Gasteiger partial charge on any atom is 0.450 e. The number of aliphatic hydroxyl groups is 1. The number of hydrogen-bond acceptors (Lipinski definition) is 6. The van der Waals surface area contributed by atoms with E-state index in [0.29, 0.717) is 16.6 Å². The summed E-state index contributed by atoms with van der Waals surface area (Å²) in [5.74, 6) is 0.464. The molecular weight excluding hydrogens is 848 g/mol. The molecule has 4 aromatic rings. The molecule has 52 heavy (non-hydrogen) atoms. The Bertz CT molecular complexity index is 1730. The van der Waals surface area contributed by atoms with Gasteiger partial charge in [-0.2, -0.15) is 62.7 Å². The molecule has 0 unspecified atom stereocenters. The van der Waals surface area contributed by atoms with Crippen molar-refractivity contribution in [3.63, 3.8) is 0 Å². The van der Waals surface area contributed by atoms with Crippen LogP contribution < -0.4 is 10.8 Å². The van der Waals surface area contributed by atoms with Crippen LogP contribution in [0.15, 0.2) is 83.3 Å². The molecule has 3 aromatic carbocycles. The Labute approximate surface area is 330 Å². The van der Waals surface area contributed by atoms with Gasteiger partial charge in [0.25, 0.3) is 0 Å². The molecule has 0 fully saturated rings. The van der Waals surface area contributed by atoms with E-state index in [1.54, 1.807) is 24.0 Å². The van der Waals surface area contributed by atoms with E-state index in [-0.39, 0.29) is 61.3 Å². The first-order chi connectivity index (χ1) is 23.4. The number of hydrazine groups is 1. The first-order valence-electron chi connectivity index (χ1n) is 13.5. The molecule has 0 amide bonds. The summed E-state index contributed by atoms with van der Waals surface area (Å²) in [4.78, 5) is 23.7. The summed E-state index contributed by atoms with van der Waals surface area (Å²) in [6.45, 7) is 1.93. The fourth-order valence-corrected chi connectivity index (χ4v) is 4.02. The van der Waals surface area contributed by atoms with E-state index in [4.69, 9.17) is 5.11 Å². The van der Waals surface area contributed by atoms with Crippen molar-refractivity contribution in [2.75, 3.05) is 6.61 Å². The number of nitrogens with zero attached hydrogens (tertiary/aromatic N) is 2. The van der Waals surface area contributed by atoms with E-state index in [9.17, 15) is 62.3 Å². The van der Waals surface area contributed by atoms with Gasteiger partial charge in [-0.1, -0.05) is 52.3 Å². The van der Waals surface area contributed by atoms with Crippen LogP contribution in [0, 0.1) is 37.7 Å². The number of carbonyl (C=O) groups is 2. The van der Waals surface area contributed by atoms with Crippen molar-refractivity contribution in [2.24, 2.45) is 5.84 Å². The number of Topliss-reactive ketones (excluding diaryl/α,β-unsaturated/α-hetero) is 2. The SMILES string of the molecule is CCO.FC(F)(F)c1cc(-c2ccccc2C(F)(F)F)n(-c2ccc(Br)cc2)n1.NNCl.O=C(CC(=O)C(F)(F)F)c1ccccc1C(F)(F)F.[Ar]. The summed E-state index contributed by atoms with van der Waals surface area (Å²) in [7, 11) is 0. The van der Waals surface area contributed by atoms with Crippen molar-refractivity contribution >= 4 is 39.3 Å². The van der Waals surface area contributed by atoms with Crippen molar-refractivity contribution in [1.82, 2.24) is 14.7 Å². The van der Waals surface area contributed by atoms with Crippen LogP contribution in [-0.4, -0.2) is 39.2 Å². The van der Waals surface area contributed by atoms with Crippen LogP contribution in [0.4, 0.5) is 52.7 Å². The van der Waals surface area contributed by atoms with Gasteiger partial charge in [0.1, 0.15) is 0 Å². The van der Waals surface area contributed by atoms with Gasteiger partial charge in [0, 0.05) is 59.9 Å². The Hall–Kier alpha value is -2.72. The molecule has 0 aliphatic heterocycles. The molecule has 4 rings (SSSR count). The molecule has 0 spiro atoms. The minimum atomic E-state index is -5.25. The summed E-state index contributed by atoms with van der Waals surface area (Å²) in [5, 5.41) is 11.1. The molecule has 1 heterocycles. The minimum Gasteiger partial charge on any atom is -0.397 e. The predicted octanol–water partition coefficient (Wildman–Crippen LogP) is 9.35. The summed E-state index contributed by atoms with van der Waals surface area (Å²) in [6, 6.07) is 14.4. The molecule has 0 aliphatic carbocycles. The standard InChI is InChI=1S/C17H9BrF6N2.C11H6F6O2.C2H6O.Ar.ClH3N2/c18-10-5-7-11(8-6-10)26-14(9-15(25-26)17(22,23)24)12-3-1-2-4-13(12)16(19,20)21;12-10(13,14)7-4-2-1-3-6(7)8(18)5-9(19)11(15,16)17;1-2-3;;1-3-2/h1-9H;1-4H,5H2;3H,2H2,1H3;;3H,2H2. The predicted molar refractivity (Wildman–Crippen MR) is 164 cm³/mol. The minimum absolute atomic E-state index is 0. The van der Waals surface area contributed by atoms with Gasteiger partial charge in [0.15, 0.2) is 11.5 Å². The van der Waals surface area contributed by atoms with Gasteiger partial charge in [-0.3, -0.25) is 15.4 Å². The second kappa shape index (κ2) is 21.2. The topological polar surface area (TPSA) is 110 Å². The summed E-state index contributed by atoms with van der Waals surface area (Å²) >= 11 is 7.72. The summed E-state index contributed by atoms with van der Waals surface area (Å²) in [5.41, 5.74) is -5.10. The number of rotatable bonds is 5. The van der Waals surface area contributed by atoms with Crippen LogP contribution in [0.25, 0.3) is 16.9 Å². The second-order valence-electron chi connectivity index (χ2n) is 9.33. The van der Waals surface area contributed by atoms with E-state index in [0.717, 1.165) is 35.0 Å². The number of aromatic nitrogens is 2. The van der Waals surface area contributed by atoms with Crippen LogP contribution in [0.2, 0.25) is 0 Å². The first kappa shape index (κ1) is 49.3. The van der Waals surface area contributed by atoms with Gasteiger partial charge < -0.3 is 5.11 Å². The number of halogens is 14. The molecule has 0 bridgehead atoms. The molecular formula is C30H24ArBrClF12N4O3. The third kappa shape index (κ3) is 15.3. The Morgan fingerprint density at radius 2 is 1.25 bits per heavy atom. The molecule has 0 saturated carbocycles. The van der Waals surface area contributed by atoms with Crippen LogP contribution >= 0.6 is 27.7 Å². The van der Waals surface area contributed by atoms with Crippen LogP contribution in [-0.2, 0) is 23.3 Å². The van der Waals surface area contributed by atoms with Crippen molar-refractivity contribution < 1.29 is 105 Å². The number of nitrogens with one attached hydrogen (secondary N) is 1. The molecule has 22 heteroatoms. The van der Waals surface area contributed by atoms with Crippen molar-refractivity contribution in [3.8, 4) is 16.9 Å². The number of ketones is 2. The third-order valence-corrected chi connectivity index (χ3v) is 6.28. The molecule has 7 nitrogen and oxygen atoms in total. The zero-order chi connectivity index (χ0) is 39.4. The fraction of sp³-hybridized carbons (Fsp3) is 0.233. The van der Waals surface area contributed by atoms with E-state index in [2.05, 4.69) is 38.6 Å². The van der Waals surface area contributed by atoms with E-state index >= 15 is 0 Å². The Morgan fingerprint density at radius 1 is 0.808 bits per heavy atom. The van der Waals surface area contributed by atoms with Gasteiger partial charge in [-0.25, -0.2) is 4.68 Å². The molecule has 4 N–H and O–H groups in total. The number of alkyl halides is 12. The van der Waals surface area contributed by atoms with Crippen LogP contribution in [0.3, 0.4) is 0 Å². The van der Waals surface area contributed by atoms with Gasteiger partial charge in [0.2, 0.25) is 5.78 Å². The molecule has 0 saturated heterocycles. The van der Waals surface area contributed by atoms with Crippen LogP contribution in [0.1, 0.15) is 40.5 Å². The Balaban J connectivity index is 0.000000884. The summed E-state index contributed by atoms with van der Waals surface area (Å²) < 4.78 is 154. The van der Waals surface area contributed by atoms with Gasteiger partial charge in [-0.15, -0.1) is 0 Å². The largest absolute Gasteiger partial charge is 0.450 e. The number of nitrogens with two attached hydrogens (primary N) is 1.